The van der Waals surface area contributed by atoms with Crippen molar-refractivity contribution in [2.45, 2.75) is 31.7 Å². The zero-order valence-electron chi connectivity index (χ0n) is 11.1. The van der Waals surface area contributed by atoms with E-state index in [1.165, 1.54) is 0 Å². The van der Waals surface area contributed by atoms with E-state index in [9.17, 15) is 14.4 Å². The third kappa shape index (κ3) is 5.25. The van der Waals surface area contributed by atoms with Crippen molar-refractivity contribution in [2.24, 2.45) is 11.7 Å². The minimum Gasteiger partial charge on any atom is -0.480 e. The van der Waals surface area contributed by atoms with Gasteiger partial charge in [-0.1, -0.05) is 0 Å². The van der Waals surface area contributed by atoms with Crippen molar-refractivity contribution in [3.63, 3.8) is 0 Å². The van der Waals surface area contributed by atoms with Gasteiger partial charge in [-0.3, -0.25) is 9.59 Å². The van der Waals surface area contributed by atoms with Gasteiger partial charge in [0.05, 0.1) is 0 Å². The quantitative estimate of drug-likeness (QED) is 0.583. The van der Waals surface area contributed by atoms with Crippen molar-refractivity contribution in [3.05, 3.63) is 0 Å². The SMILES string of the molecule is CN1CCC(C(=O)N[C@@H](CCC(N)=O)C(=O)O)CC1. The van der Waals surface area contributed by atoms with Crippen LogP contribution in [0, 0.1) is 5.92 Å². The minimum atomic E-state index is -1.14. The molecule has 0 aromatic carbocycles. The molecule has 2 amide bonds. The molecule has 0 bridgehead atoms. The maximum atomic E-state index is 12.0. The van der Waals surface area contributed by atoms with Crippen LogP contribution in [0.4, 0.5) is 0 Å². The van der Waals surface area contributed by atoms with Crippen LogP contribution in [0.1, 0.15) is 25.7 Å². The number of nitrogens with zero attached hydrogens (tertiary/aromatic N) is 1. The van der Waals surface area contributed by atoms with Crippen LogP contribution in [-0.2, 0) is 14.4 Å². The third-order valence-corrected chi connectivity index (χ3v) is 3.38. The largest absolute Gasteiger partial charge is 0.480 e. The summed E-state index contributed by atoms with van der Waals surface area (Å²) in [6.07, 6.45) is 1.43. The van der Waals surface area contributed by atoms with Gasteiger partial charge in [-0.25, -0.2) is 4.79 Å². The van der Waals surface area contributed by atoms with E-state index in [4.69, 9.17) is 10.8 Å². The standard InChI is InChI=1S/C12H21N3O4/c1-15-6-4-8(5-7-15)11(17)14-9(12(18)19)2-3-10(13)16/h8-9H,2-7H2,1H3,(H2,13,16)(H,14,17)(H,18,19)/t9-/m0/s1. The van der Waals surface area contributed by atoms with Crippen LogP contribution >= 0.6 is 0 Å². The molecule has 108 valence electrons. The Hall–Kier alpha value is -1.63. The van der Waals surface area contributed by atoms with Crippen LogP contribution in [0.3, 0.4) is 0 Å². The number of nitrogens with two attached hydrogens (primary N) is 1. The Labute approximate surface area is 112 Å². The second-order valence-corrected chi connectivity index (χ2v) is 4.98. The lowest BCUT2D eigenvalue weighted by atomic mass is 9.95. The number of hydrogen-bond acceptors (Lipinski definition) is 4. The number of likely N-dealkylation sites (tertiary alicyclic amines) is 1. The number of primary amides is 1. The number of carbonyl (C=O) groups excluding carboxylic acids is 2. The van der Waals surface area contributed by atoms with Crippen LogP contribution in [-0.4, -0.2) is 54.0 Å². The van der Waals surface area contributed by atoms with E-state index < -0.39 is 17.9 Å². The fourth-order valence-corrected chi connectivity index (χ4v) is 2.10. The molecule has 1 rings (SSSR count). The zero-order valence-corrected chi connectivity index (χ0v) is 11.1. The first kappa shape index (κ1) is 15.4. The number of carboxylic acid groups (broad SMARTS) is 1. The number of piperidine rings is 1. The van der Waals surface area contributed by atoms with Crippen molar-refractivity contribution in [1.29, 1.82) is 0 Å². The highest BCUT2D eigenvalue weighted by Gasteiger charge is 2.27. The van der Waals surface area contributed by atoms with Crippen LogP contribution in [0.25, 0.3) is 0 Å². The first-order valence-corrected chi connectivity index (χ1v) is 6.40. The molecule has 0 saturated carbocycles. The van der Waals surface area contributed by atoms with Gasteiger partial charge in [-0.2, -0.15) is 0 Å². The number of carbonyl (C=O) groups is 3. The number of carboxylic acids is 1. The van der Waals surface area contributed by atoms with Gasteiger partial charge in [0.15, 0.2) is 0 Å². The summed E-state index contributed by atoms with van der Waals surface area (Å²) >= 11 is 0. The van der Waals surface area contributed by atoms with Gasteiger partial charge >= 0.3 is 5.97 Å². The van der Waals surface area contributed by atoms with E-state index in [1.54, 1.807) is 0 Å². The highest BCUT2D eigenvalue weighted by atomic mass is 16.4. The summed E-state index contributed by atoms with van der Waals surface area (Å²) in [6, 6.07) is -1.04. The van der Waals surface area contributed by atoms with Crippen LogP contribution < -0.4 is 11.1 Å². The van der Waals surface area contributed by atoms with E-state index >= 15 is 0 Å². The predicted molar refractivity (Wildman–Crippen MR) is 68.2 cm³/mol. The molecule has 0 aliphatic carbocycles. The summed E-state index contributed by atoms with van der Waals surface area (Å²) in [5, 5.41) is 11.5. The van der Waals surface area contributed by atoms with Crippen molar-refractivity contribution in [3.8, 4) is 0 Å². The Morgan fingerprint density at radius 3 is 2.42 bits per heavy atom. The Balaban J connectivity index is 2.46. The average Bonchev–Trinajstić information content (AvgIpc) is 2.34. The molecule has 1 aliphatic rings. The number of rotatable bonds is 6. The molecule has 0 aromatic rings. The molecule has 1 saturated heterocycles. The predicted octanol–water partition coefficient (Wildman–Crippen LogP) is -0.837. The molecule has 0 unspecified atom stereocenters. The van der Waals surface area contributed by atoms with E-state index in [1.807, 2.05) is 7.05 Å². The number of aliphatic carboxylic acids is 1. The highest BCUT2D eigenvalue weighted by molar-refractivity contribution is 5.85. The third-order valence-electron chi connectivity index (χ3n) is 3.38. The molecule has 1 fully saturated rings. The topological polar surface area (TPSA) is 113 Å². The maximum Gasteiger partial charge on any atom is 0.326 e. The molecular weight excluding hydrogens is 250 g/mol. The lowest BCUT2D eigenvalue weighted by Gasteiger charge is -2.28. The van der Waals surface area contributed by atoms with E-state index in [2.05, 4.69) is 10.2 Å². The maximum absolute atomic E-state index is 12.0. The van der Waals surface area contributed by atoms with Crippen molar-refractivity contribution < 1.29 is 19.5 Å². The summed E-state index contributed by atoms with van der Waals surface area (Å²) in [5.41, 5.74) is 4.98. The van der Waals surface area contributed by atoms with Gasteiger partial charge in [0.1, 0.15) is 6.04 Å². The fourth-order valence-electron chi connectivity index (χ4n) is 2.10. The number of hydrogen-bond donors (Lipinski definition) is 3. The Kier molecular flexibility index (Phi) is 5.75. The Bertz CT molecular complexity index is 351. The first-order chi connectivity index (χ1) is 8.90. The molecule has 0 spiro atoms. The van der Waals surface area contributed by atoms with Gasteiger partial charge in [-0.15, -0.1) is 0 Å². The summed E-state index contributed by atoms with van der Waals surface area (Å²) in [6.45, 7) is 1.66. The van der Waals surface area contributed by atoms with Gasteiger partial charge in [0, 0.05) is 12.3 Å². The number of amides is 2. The smallest absolute Gasteiger partial charge is 0.326 e. The van der Waals surface area contributed by atoms with Gasteiger partial charge in [0.25, 0.3) is 0 Å². The van der Waals surface area contributed by atoms with Gasteiger partial charge in [0.2, 0.25) is 11.8 Å². The van der Waals surface area contributed by atoms with E-state index in [0.717, 1.165) is 25.9 Å². The van der Waals surface area contributed by atoms with Crippen molar-refractivity contribution in [1.82, 2.24) is 10.2 Å². The number of nitrogens with one attached hydrogen (secondary N) is 1. The molecule has 1 heterocycles. The second kappa shape index (κ2) is 7.08. The lowest BCUT2D eigenvalue weighted by molar-refractivity contribution is -0.143. The normalized spacial score (nSPS) is 18.8. The first-order valence-electron chi connectivity index (χ1n) is 6.40. The van der Waals surface area contributed by atoms with Crippen molar-refractivity contribution in [2.75, 3.05) is 20.1 Å². The second-order valence-electron chi connectivity index (χ2n) is 4.98. The van der Waals surface area contributed by atoms with Crippen LogP contribution in [0.2, 0.25) is 0 Å². The molecule has 19 heavy (non-hydrogen) atoms. The molecule has 1 aliphatic heterocycles. The average molecular weight is 271 g/mol. The fraction of sp³-hybridized carbons (Fsp3) is 0.750. The Morgan fingerprint density at radius 1 is 1.37 bits per heavy atom. The Morgan fingerprint density at radius 2 is 1.95 bits per heavy atom. The molecule has 1 atom stereocenters. The summed E-state index contributed by atoms with van der Waals surface area (Å²) < 4.78 is 0. The molecule has 0 radical (unpaired) electrons. The van der Waals surface area contributed by atoms with E-state index in [0.29, 0.717) is 0 Å². The summed E-state index contributed by atoms with van der Waals surface area (Å²) in [5.74, 6) is -2.10. The zero-order chi connectivity index (χ0) is 14.4. The monoisotopic (exact) mass is 271 g/mol. The summed E-state index contributed by atoms with van der Waals surface area (Å²) in [4.78, 5) is 35.8. The minimum absolute atomic E-state index is 0.0308. The molecular formula is C12H21N3O4. The van der Waals surface area contributed by atoms with Gasteiger partial charge < -0.3 is 21.1 Å². The van der Waals surface area contributed by atoms with Gasteiger partial charge in [-0.05, 0) is 39.4 Å². The van der Waals surface area contributed by atoms with Crippen LogP contribution in [0.15, 0.2) is 0 Å². The molecule has 0 aromatic heterocycles. The summed E-state index contributed by atoms with van der Waals surface area (Å²) in [7, 11) is 1.99. The van der Waals surface area contributed by atoms with Crippen molar-refractivity contribution >= 4 is 17.8 Å². The highest BCUT2D eigenvalue weighted by Crippen LogP contribution is 2.16. The molecule has 7 heteroatoms. The lowest BCUT2D eigenvalue weighted by Crippen LogP contribution is -2.46. The molecule has 4 N–H and O–H groups in total. The molecule has 7 nitrogen and oxygen atoms in total. The van der Waals surface area contributed by atoms with E-state index in [-0.39, 0.29) is 24.7 Å². The van der Waals surface area contributed by atoms with Crippen LogP contribution in [0.5, 0.6) is 0 Å².